The van der Waals surface area contributed by atoms with E-state index in [-0.39, 0.29) is 6.03 Å². The lowest BCUT2D eigenvalue weighted by Gasteiger charge is -2.28. The van der Waals surface area contributed by atoms with E-state index in [0.717, 1.165) is 16.9 Å². The van der Waals surface area contributed by atoms with Gasteiger partial charge in [0.1, 0.15) is 6.61 Å². The standard InChI is InChI=1S/C25H22N4O2/c30-25(27-21-9-2-1-3-10-21)29-14-15-31-23-17-19(18-26-24(23)29)16-20-8-4-5-11-22(20)28-12-6-7-13-28/h1-13,17-18H,14-16H2,(H,27,30). The molecule has 2 aromatic heterocycles. The van der Waals surface area contributed by atoms with Crippen molar-refractivity contribution in [1.82, 2.24) is 9.55 Å². The molecule has 0 aliphatic carbocycles. The van der Waals surface area contributed by atoms with E-state index in [2.05, 4.69) is 27.0 Å². The highest BCUT2D eigenvalue weighted by Gasteiger charge is 2.25. The minimum atomic E-state index is -0.214. The maximum atomic E-state index is 12.8. The number of nitrogens with one attached hydrogen (secondary N) is 1. The highest BCUT2D eigenvalue weighted by atomic mass is 16.5. The first-order valence-electron chi connectivity index (χ1n) is 10.2. The number of rotatable bonds is 4. The lowest BCUT2D eigenvalue weighted by Crippen LogP contribution is -2.41. The molecular formula is C25H22N4O2. The van der Waals surface area contributed by atoms with E-state index in [9.17, 15) is 4.79 Å². The third kappa shape index (κ3) is 4.00. The maximum absolute atomic E-state index is 12.8. The highest BCUT2D eigenvalue weighted by Crippen LogP contribution is 2.31. The second-order valence-electron chi connectivity index (χ2n) is 7.36. The fourth-order valence-electron chi connectivity index (χ4n) is 3.77. The van der Waals surface area contributed by atoms with Crippen molar-refractivity contribution >= 4 is 17.5 Å². The number of carbonyl (C=O) groups is 1. The van der Waals surface area contributed by atoms with E-state index in [0.29, 0.717) is 31.1 Å². The molecule has 2 amide bonds. The number of para-hydroxylation sites is 2. The molecule has 154 valence electrons. The molecule has 1 N–H and O–H groups in total. The summed E-state index contributed by atoms with van der Waals surface area (Å²) in [5, 5.41) is 2.92. The number of ether oxygens (including phenoxy) is 1. The molecule has 2 aromatic carbocycles. The molecule has 6 nitrogen and oxygen atoms in total. The molecule has 0 bridgehead atoms. The molecule has 0 fully saturated rings. The number of carbonyl (C=O) groups excluding carboxylic acids is 1. The van der Waals surface area contributed by atoms with Crippen molar-refractivity contribution in [2.24, 2.45) is 0 Å². The fraction of sp³-hybridized carbons (Fsp3) is 0.120. The highest BCUT2D eigenvalue weighted by molar-refractivity contribution is 6.02. The number of amides is 2. The molecular weight excluding hydrogens is 388 g/mol. The Hall–Kier alpha value is -4.06. The molecule has 1 aliphatic rings. The first-order chi connectivity index (χ1) is 15.3. The number of urea groups is 1. The van der Waals surface area contributed by atoms with Crippen LogP contribution in [0.3, 0.4) is 0 Å². The van der Waals surface area contributed by atoms with Gasteiger partial charge in [0, 0.05) is 36.4 Å². The molecule has 0 saturated heterocycles. The fourth-order valence-corrected chi connectivity index (χ4v) is 3.77. The Balaban J connectivity index is 1.38. The minimum Gasteiger partial charge on any atom is -0.488 e. The van der Waals surface area contributed by atoms with Crippen LogP contribution >= 0.6 is 0 Å². The number of hydrogen-bond donors (Lipinski definition) is 1. The summed E-state index contributed by atoms with van der Waals surface area (Å²) in [7, 11) is 0. The van der Waals surface area contributed by atoms with Crippen LogP contribution in [0.25, 0.3) is 5.69 Å². The van der Waals surface area contributed by atoms with E-state index >= 15 is 0 Å². The van der Waals surface area contributed by atoms with E-state index in [1.165, 1.54) is 5.56 Å². The summed E-state index contributed by atoms with van der Waals surface area (Å²) in [5.41, 5.74) is 4.10. The van der Waals surface area contributed by atoms with Gasteiger partial charge in [-0.1, -0.05) is 36.4 Å². The van der Waals surface area contributed by atoms with Crippen LogP contribution < -0.4 is 15.0 Å². The van der Waals surface area contributed by atoms with Crippen LogP contribution in [0.1, 0.15) is 11.1 Å². The Labute approximate surface area is 180 Å². The number of nitrogens with zero attached hydrogens (tertiary/aromatic N) is 3. The summed E-state index contributed by atoms with van der Waals surface area (Å²) < 4.78 is 7.95. The van der Waals surface area contributed by atoms with Gasteiger partial charge in [0.2, 0.25) is 0 Å². The molecule has 0 saturated carbocycles. The van der Waals surface area contributed by atoms with Crippen molar-refractivity contribution in [3.05, 3.63) is 103 Å². The zero-order valence-corrected chi connectivity index (χ0v) is 16.9. The molecule has 5 rings (SSSR count). The average Bonchev–Trinajstić information content (AvgIpc) is 3.34. The predicted octanol–water partition coefficient (Wildman–Crippen LogP) is 4.89. The van der Waals surface area contributed by atoms with Gasteiger partial charge in [-0.3, -0.25) is 4.90 Å². The molecule has 6 heteroatoms. The Kier molecular flexibility index (Phi) is 5.10. The van der Waals surface area contributed by atoms with Gasteiger partial charge in [-0.15, -0.1) is 0 Å². The van der Waals surface area contributed by atoms with E-state index < -0.39 is 0 Å². The van der Waals surface area contributed by atoms with Gasteiger partial charge >= 0.3 is 6.03 Å². The van der Waals surface area contributed by atoms with Crippen LogP contribution in [0.15, 0.2) is 91.4 Å². The molecule has 0 atom stereocenters. The van der Waals surface area contributed by atoms with Gasteiger partial charge in [-0.25, -0.2) is 9.78 Å². The van der Waals surface area contributed by atoms with Gasteiger partial charge in [0.05, 0.1) is 6.54 Å². The van der Waals surface area contributed by atoms with Crippen LogP contribution in [-0.4, -0.2) is 28.7 Å². The quantitative estimate of drug-likeness (QED) is 0.521. The van der Waals surface area contributed by atoms with Gasteiger partial charge in [0.25, 0.3) is 0 Å². The molecule has 3 heterocycles. The molecule has 31 heavy (non-hydrogen) atoms. The van der Waals surface area contributed by atoms with Gasteiger partial charge in [0.15, 0.2) is 11.6 Å². The van der Waals surface area contributed by atoms with Crippen molar-refractivity contribution in [2.75, 3.05) is 23.4 Å². The third-order valence-corrected chi connectivity index (χ3v) is 5.26. The first-order valence-corrected chi connectivity index (χ1v) is 10.2. The second-order valence-corrected chi connectivity index (χ2v) is 7.36. The number of fused-ring (bicyclic) bond motifs is 1. The monoisotopic (exact) mass is 410 g/mol. The lowest BCUT2D eigenvalue weighted by molar-refractivity contribution is 0.249. The number of pyridine rings is 1. The van der Waals surface area contributed by atoms with Crippen molar-refractivity contribution in [3.8, 4) is 11.4 Å². The molecule has 0 unspecified atom stereocenters. The maximum Gasteiger partial charge on any atom is 0.327 e. The zero-order chi connectivity index (χ0) is 21.0. The summed E-state index contributed by atoms with van der Waals surface area (Å²) in [6, 6.07) is 23.5. The van der Waals surface area contributed by atoms with Crippen LogP contribution in [0.4, 0.5) is 16.3 Å². The SMILES string of the molecule is O=C(Nc1ccccc1)N1CCOc2cc(Cc3ccccc3-n3cccc3)cnc21. The van der Waals surface area contributed by atoms with Gasteiger partial charge in [-0.05, 0) is 47.5 Å². The predicted molar refractivity (Wildman–Crippen MR) is 121 cm³/mol. The number of aromatic nitrogens is 2. The summed E-state index contributed by atoms with van der Waals surface area (Å²) in [5.74, 6) is 1.17. The van der Waals surface area contributed by atoms with Crippen LogP contribution in [0.2, 0.25) is 0 Å². The van der Waals surface area contributed by atoms with Crippen molar-refractivity contribution in [1.29, 1.82) is 0 Å². The zero-order valence-electron chi connectivity index (χ0n) is 16.9. The van der Waals surface area contributed by atoms with Gasteiger partial charge < -0.3 is 14.6 Å². The summed E-state index contributed by atoms with van der Waals surface area (Å²) >= 11 is 0. The Morgan fingerprint density at radius 2 is 1.77 bits per heavy atom. The Morgan fingerprint density at radius 3 is 2.61 bits per heavy atom. The van der Waals surface area contributed by atoms with E-state index in [1.54, 1.807) is 4.90 Å². The summed E-state index contributed by atoms with van der Waals surface area (Å²) in [4.78, 5) is 19.0. The summed E-state index contributed by atoms with van der Waals surface area (Å²) in [6.07, 6.45) is 6.61. The lowest BCUT2D eigenvalue weighted by atomic mass is 10.0. The second kappa shape index (κ2) is 8.36. The number of hydrogen-bond acceptors (Lipinski definition) is 3. The van der Waals surface area contributed by atoms with Crippen LogP contribution in [0.5, 0.6) is 5.75 Å². The normalized spacial score (nSPS) is 12.7. The smallest absolute Gasteiger partial charge is 0.327 e. The van der Waals surface area contributed by atoms with Crippen LogP contribution in [0, 0.1) is 0 Å². The number of benzene rings is 2. The van der Waals surface area contributed by atoms with E-state index in [4.69, 9.17) is 4.74 Å². The first kappa shape index (κ1) is 18.9. The summed E-state index contributed by atoms with van der Waals surface area (Å²) in [6.45, 7) is 0.884. The van der Waals surface area contributed by atoms with Crippen molar-refractivity contribution in [2.45, 2.75) is 6.42 Å². The average molecular weight is 410 g/mol. The van der Waals surface area contributed by atoms with E-state index in [1.807, 2.05) is 79.3 Å². The topological polar surface area (TPSA) is 59.4 Å². The Morgan fingerprint density at radius 1 is 1.00 bits per heavy atom. The van der Waals surface area contributed by atoms with Crippen molar-refractivity contribution in [3.63, 3.8) is 0 Å². The van der Waals surface area contributed by atoms with Crippen molar-refractivity contribution < 1.29 is 9.53 Å². The largest absolute Gasteiger partial charge is 0.488 e. The Bertz CT molecular complexity index is 1190. The van der Waals surface area contributed by atoms with Gasteiger partial charge in [-0.2, -0.15) is 0 Å². The minimum absolute atomic E-state index is 0.214. The molecule has 0 radical (unpaired) electrons. The number of anilines is 2. The molecule has 1 aliphatic heterocycles. The molecule has 4 aromatic rings. The molecule has 0 spiro atoms. The van der Waals surface area contributed by atoms with Crippen LogP contribution in [-0.2, 0) is 6.42 Å². The third-order valence-electron chi connectivity index (χ3n) is 5.26.